The first-order valence-electron chi connectivity index (χ1n) is 9.07. The second-order valence-corrected chi connectivity index (χ2v) is 6.52. The van der Waals surface area contributed by atoms with Gasteiger partial charge >= 0.3 is 0 Å². The minimum absolute atomic E-state index is 0.0233. The molecule has 9 heteroatoms. The molecule has 9 nitrogen and oxygen atoms in total. The van der Waals surface area contributed by atoms with Gasteiger partial charge in [0.1, 0.15) is 0 Å². The maximum absolute atomic E-state index is 12.6. The van der Waals surface area contributed by atoms with E-state index in [-0.39, 0.29) is 18.4 Å². The molecule has 2 N–H and O–H groups in total. The van der Waals surface area contributed by atoms with Crippen LogP contribution < -0.4 is 5.32 Å². The van der Waals surface area contributed by atoms with Crippen LogP contribution in [0.3, 0.4) is 0 Å². The van der Waals surface area contributed by atoms with E-state index in [1.807, 2.05) is 11.0 Å². The predicted octanol–water partition coefficient (Wildman–Crippen LogP) is 1.43. The molecular weight excluding hydrogens is 358 g/mol. The standard InChI is InChI=1S/C19H19N7O2/c27-18(21-12-17-22-24-25-23-17)14-5-3-4-13(10-14)16-11-15(6-7-20-16)19(28)26-8-1-2-9-26/h3-7,10-11H,1-2,8-9,12H2,(H,21,27)(H,22,23,24,25). The lowest BCUT2D eigenvalue weighted by Gasteiger charge is -2.15. The van der Waals surface area contributed by atoms with Crippen LogP contribution in [0.4, 0.5) is 0 Å². The molecule has 0 radical (unpaired) electrons. The van der Waals surface area contributed by atoms with Crippen molar-refractivity contribution in [2.45, 2.75) is 19.4 Å². The molecule has 1 aliphatic heterocycles. The van der Waals surface area contributed by atoms with E-state index < -0.39 is 0 Å². The highest BCUT2D eigenvalue weighted by Crippen LogP contribution is 2.21. The number of aromatic amines is 1. The molecule has 1 saturated heterocycles. The van der Waals surface area contributed by atoms with Crippen molar-refractivity contribution in [2.75, 3.05) is 13.1 Å². The Morgan fingerprint density at radius 1 is 1.11 bits per heavy atom. The van der Waals surface area contributed by atoms with Gasteiger partial charge in [0, 0.05) is 36.0 Å². The fourth-order valence-corrected chi connectivity index (χ4v) is 3.16. The molecule has 1 aliphatic rings. The molecule has 2 amide bonds. The van der Waals surface area contributed by atoms with E-state index in [9.17, 15) is 9.59 Å². The number of amides is 2. The van der Waals surface area contributed by atoms with Crippen LogP contribution in [0.15, 0.2) is 42.6 Å². The highest BCUT2D eigenvalue weighted by atomic mass is 16.2. The smallest absolute Gasteiger partial charge is 0.253 e. The summed E-state index contributed by atoms with van der Waals surface area (Å²) in [7, 11) is 0. The van der Waals surface area contributed by atoms with Crippen molar-refractivity contribution in [2.24, 2.45) is 0 Å². The number of hydrogen-bond acceptors (Lipinski definition) is 6. The predicted molar refractivity (Wildman–Crippen MR) is 100 cm³/mol. The SMILES string of the molecule is O=C(NCc1nn[nH]n1)c1cccc(-c2cc(C(=O)N3CCCC3)ccn2)c1. The molecule has 4 rings (SSSR count). The Hall–Kier alpha value is -3.62. The lowest BCUT2D eigenvalue weighted by atomic mass is 10.1. The first-order chi connectivity index (χ1) is 13.7. The summed E-state index contributed by atoms with van der Waals surface area (Å²) in [5.74, 6) is 0.172. The Balaban J connectivity index is 1.51. The quantitative estimate of drug-likeness (QED) is 0.695. The summed E-state index contributed by atoms with van der Waals surface area (Å²) >= 11 is 0. The summed E-state index contributed by atoms with van der Waals surface area (Å²) in [6.07, 6.45) is 3.72. The third-order valence-corrected chi connectivity index (χ3v) is 4.62. The number of H-pyrrole nitrogens is 1. The molecule has 2 aromatic heterocycles. The third-order valence-electron chi connectivity index (χ3n) is 4.62. The highest BCUT2D eigenvalue weighted by Gasteiger charge is 2.20. The van der Waals surface area contributed by atoms with E-state index in [2.05, 4.69) is 30.9 Å². The van der Waals surface area contributed by atoms with Gasteiger partial charge in [-0.1, -0.05) is 17.3 Å². The van der Waals surface area contributed by atoms with Crippen LogP contribution in [0, 0.1) is 0 Å². The number of hydrogen-bond donors (Lipinski definition) is 2. The molecule has 0 spiro atoms. The molecule has 0 aliphatic carbocycles. The largest absolute Gasteiger partial charge is 0.345 e. The highest BCUT2D eigenvalue weighted by molar-refractivity contribution is 5.96. The first-order valence-corrected chi connectivity index (χ1v) is 9.07. The lowest BCUT2D eigenvalue weighted by molar-refractivity contribution is 0.0792. The Labute approximate surface area is 161 Å². The van der Waals surface area contributed by atoms with Crippen LogP contribution in [-0.4, -0.2) is 55.4 Å². The number of nitrogens with zero attached hydrogens (tertiary/aromatic N) is 5. The number of carbonyl (C=O) groups is 2. The normalized spacial score (nSPS) is 13.5. The van der Waals surface area contributed by atoms with Crippen LogP contribution in [0.5, 0.6) is 0 Å². The first kappa shape index (κ1) is 17.8. The molecule has 3 aromatic rings. The molecule has 0 saturated carbocycles. The van der Waals surface area contributed by atoms with Crippen LogP contribution in [0.1, 0.15) is 39.4 Å². The molecule has 0 bridgehead atoms. The van der Waals surface area contributed by atoms with Gasteiger partial charge in [0.2, 0.25) is 0 Å². The van der Waals surface area contributed by atoms with E-state index in [1.165, 1.54) is 0 Å². The average molecular weight is 377 g/mol. The van der Waals surface area contributed by atoms with Crippen LogP contribution >= 0.6 is 0 Å². The van der Waals surface area contributed by atoms with Gasteiger partial charge in [-0.25, -0.2) is 0 Å². The van der Waals surface area contributed by atoms with Crippen molar-refractivity contribution in [1.82, 2.24) is 35.8 Å². The van der Waals surface area contributed by atoms with Crippen molar-refractivity contribution in [3.63, 3.8) is 0 Å². The Morgan fingerprint density at radius 2 is 1.96 bits per heavy atom. The molecule has 142 valence electrons. The molecule has 28 heavy (non-hydrogen) atoms. The minimum atomic E-state index is -0.254. The van der Waals surface area contributed by atoms with Gasteiger partial charge in [0.25, 0.3) is 11.8 Å². The molecule has 0 unspecified atom stereocenters. The van der Waals surface area contributed by atoms with Gasteiger partial charge in [0.05, 0.1) is 12.2 Å². The second-order valence-electron chi connectivity index (χ2n) is 6.52. The number of rotatable bonds is 5. The van der Waals surface area contributed by atoms with Crippen LogP contribution in [0.25, 0.3) is 11.3 Å². The third kappa shape index (κ3) is 3.88. The molecule has 3 heterocycles. The number of aromatic nitrogens is 5. The summed E-state index contributed by atoms with van der Waals surface area (Å²) in [6, 6.07) is 10.6. The summed E-state index contributed by atoms with van der Waals surface area (Å²) in [5, 5.41) is 16.1. The van der Waals surface area contributed by atoms with E-state index in [0.717, 1.165) is 31.5 Å². The Kier molecular flexibility index (Phi) is 5.05. The molecule has 1 aromatic carbocycles. The fourth-order valence-electron chi connectivity index (χ4n) is 3.16. The van der Waals surface area contributed by atoms with Crippen LogP contribution in [0.2, 0.25) is 0 Å². The lowest BCUT2D eigenvalue weighted by Crippen LogP contribution is -2.27. The van der Waals surface area contributed by atoms with Crippen molar-refractivity contribution < 1.29 is 9.59 Å². The number of benzene rings is 1. The van der Waals surface area contributed by atoms with Crippen molar-refractivity contribution in [3.8, 4) is 11.3 Å². The van der Waals surface area contributed by atoms with E-state index >= 15 is 0 Å². The number of likely N-dealkylation sites (tertiary alicyclic amines) is 1. The zero-order valence-corrected chi connectivity index (χ0v) is 15.1. The molecular formula is C19H19N7O2. The number of nitrogens with one attached hydrogen (secondary N) is 2. The zero-order valence-electron chi connectivity index (χ0n) is 15.1. The summed E-state index contributed by atoms with van der Waals surface area (Å²) < 4.78 is 0. The number of tetrazole rings is 1. The van der Waals surface area contributed by atoms with Gasteiger partial charge in [-0.15, -0.1) is 10.2 Å². The van der Waals surface area contributed by atoms with Gasteiger partial charge in [-0.05, 0) is 37.1 Å². The second kappa shape index (κ2) is 7.95. The molecule has 0 atom stereocenters. The van der Waals surface area contributed by atoms with Crippen molar-refractivity contribution in [3.05, 3.63) is 59.5 Å². The molecule has 1 fully saturated rings. The van der Waals surface area contributed by atoms with E-state index in [1.54, 1.807) is 36.5 Å². The van der Waals surface area contributed by atoms with Gasteiger partial charge in [-0.2, -0.15) is 5.21 Å². The maximum Gasteiger partial charge on any atom is 0.253 e. The van der Waals surface area contributed by atoms with E-state index in [0.29, 0.717) is 22.6 Å². The summed E-state index contributed by atoms with van der Waals surface area (Å²) in [4.78, 5) is 31.2. The minimum Gasteiger partial charge on any atom is -0.345 e. The van der Waals surface area contributed by atoms with Crippen molar-refractivity contribution >= 4 is 11.8 Å². The zero-order chi connectivity index (χ0) is 19.3. The van der Waals surface area contributed by atoms with Crippen LogP contribution in [-0.2, 0) is 6.54 Å². The van der Waals surface area contributed by atoms with Crippen molar-refractivity contribution in [1.29, 1.82) is 0 Å². The monoisotopic (exact) mass is 377 g/mol. The average Bonchev–Trinajstić information content (AvgIpc) is 3.46. The number of carbonyl (C=O) groups excluding carboxylic acids is 2. The maximum atomic E-state index is 12.6. The Morgan fingerprint density at radius 3 is 2.75 bits per heavy atom. The summed E-state index contributed by atoms with van der Waals surface area (Å²) in [5.41, 5.74) is 2.51. The fraction of sp³-hybridized carbons (Fsp3) is 0.263. The topological polar surface area (TPSA) is 117 Å². The van der Waals surface area contributed by atoms with Gasteiger partial charge in [-0.3, -0.25) is 14.6 Å². The van der Waals surface area contributed by atoms with Gasteiger partial charge < -0.3 is 10.2 Å². The van der Waals surface area contributed by atoms with Gasteiger partial charge in [0.15, 0.2) is 5.82 Å². The number of pyridine rings is 1. The summed E-state index contributed by atoms with van der Waals surface area (Å²) in [6.45, 7) is 1.77. The van der Waals surface area contributed by atoms with E-state index in [4.69, 9.17) is 0 Å². The Bertz CT molecular complexity index is 981.